The zero-order chi connectivity index (χ0) is 7.56. The summed E-state index contributed by atoms with van der Waals surface area (Å²) in [7, 11) is 0. The maximum Gasteiger partial charge on any atom is 0.318 e. The highest BCUT2D eigenvalue weighted by molar-refractivity contribution is 6.24. The van der Waals surface area contributed by atoms with Gasteiger partial charge in [0.2, 0.25) is 0 Å². The van der Waals surface area contributed by atoms with Crippen LogP contribution in [0, 0.1) is 12.4 Å². The summed E-state index contributed by atoms with van der Waals surface area (Å²) >= 11 is 5.75. The summed E-state index contributed by atoms with van der Waals surface area (Å²) in [6.45, 7) is 3.90. The number of aromatic nitrogens is 1. The van der Waals surface area contributed by atoms with Gasteiger partial charge >= 0.3 is 5.50 Å². The highest BCUT2D eigenvalue weighted by Gasteiger charge is 2.08. The Labute approximate surface area is 66.3 Å². The first kappa shape index (κ1) is 7.55. The van der Waals surface area contributed by atoms with E-state index in [0.29, 0.717) is 0 Å². The predicted octanol–water partition coefficient (Wildman–Crippen LogP) is 1.88. The number of pyridine rings is 1. The van der Waals surface area contributed by atoms with Crippen LogP contribution >= 0.6 is 11.6 Å². The summed E-state index contributed by atoms with van der Waals surface area (Å²) in [6, 6.07) is 4.01. The van der Waals surface area contributed by atoms with Gasteiger partial charge in [-0.05, 0) is 24.6 Å². The molecule has 0 aliphatic rings. The van der Waals surface area contributed by atoms with Gasteiger partial charge in [0.1, 0.15) is 0 Å². The molecule has 0 unspecified atom stereocenters. The fourth-order valence-electron chi connectivity index (χ4n) is 0.785. The third kappa shape index (κ3) is 1.71. The van der Waals surface area contributed by atoms with Gasteiger partial charge < -0.3 is 0 Å². The third-order valence-electron chi connectivity index (χ3n) is 1.30. The molecule has 1 aromatic heterocycles. The van der Waals surface area contributed by atoms with Crippen LogP contribution in [-0.4, -0.2) is 0 Å². The van der Waals surface area contributed by atoms with Gasteiger partial charge in [-0.25, -0.2) is 0 Å². The van der Waals surface area contributed by atoms with Crippen molar-refractivity contribution in [1.29, 1.82) is 0 Å². The molecule has 0 saturated carbocycles. The van der Waals surface area contributed by atoms with Gasteiger partial charge in [-0.1, -0.05) is 0 Å². The molecule has 10 heavy (non-hydrogen) atoms. The lowest BCUT2D eigenvalue weighted by Crippen LogP contribution is -2.34. The Morgan fingerprint density at radius 1 is 1.60 bits per heavy atom. The van der Waals surface area contributed by atoms with Crippen molar-refractivity contribution in [1.82, 2.24) is 0 Å². The van der Waals surface area contributed by atoms with Crippen LogP contribution in [0.2, 0.25) is 0 Å². The fourth-order valence-corrected chi connectivity index (χ4v) is 0.890. The lowest BCUT2D eigenvalue weighted by molar-refractivity contribution is -0.643. The molecule has 0 aliphatic heterocycles. The van der Waals surface area contributed by atoms with Crippen molar-refractivity contribution in [2.75, 3.05) is 0 Å². The first-order chi connectivity index (χ1) is 4.70. The van der Waals surface area contributed by atoms with Crippen molar-refractivity contribution >= 4 is 11.6 Å². The molecule has 0 amide bonds. The van der Waals surface area contributed by atoms with E-state index in [2.05, 4.69) is 0 Å². The first-order valence-corrected chi connectivity index (χ1v) is 3.55. The smallest absolute Gasteiger partial charge is 0.178 e. The van der Waals surface area contributed by atoms with E-state index < -0.39 is 0 Å². The minimum atomic E-state index is 0.767. The molecule has 1 radical (unpaired) electrons. The molecule has 1 rings (SSSR count). The molecule has 1 aromatic rings. The lowest BCUT2D eigenvalue weighted by Gasteiger charge is -1.94. The van der Waals surface area contributed by atoms with Crippen molar-refractivity contribution in [3.63, 3.8) is 0 Å². The summed E-state index contributed by atoms with van der Waals surface area (Å²) < 4.78 is 1.89. The Balaban J connectivity index is 2.96. The van der Waals surface area contributed by atoms with Crippen LogP contribution in [0.1, 0.15) is 12.5 Å². The van der Waals surface area contributed by atoms with E-state index >= 15 is 0 Å². The monoisotopic (exact) mass is 155 g/mol. The molecule has 0 bridgehead atoms. The average Bonchev–Trinajstić information content (AvgIpc) is 1.88. The van der Waals surface area contributed by atoms with Gasteiger partial charge in [0.15, 0.2) is 12.4 Å². The minimum absolute atomic E-state index is 0.767. The summed E-state index contributed by atoms with van der Waals surface area (Å²) in [5.74, 6) is 0. The van der Waals surface area contributed by atoms with Crippen LogP contribution in [0.5, 0.6) is 0 Å². The Hall–Kier alpha value is -0.560. The number of aryl methyl sites for hydroxylation is 1. The largest absolute Gasteiger partial charge is 0.318 e. The van der Waals surface area contributed by atoms with Crippen LogP contribution in [-0.2, 0) is 0 Å². The first-order valence-electron chi connectivity index (χ1n) is 3.17. The number of halogens is 1. The molecule has 1 nitrogen and oxygen atoms in total. The lowest BCUT2D eigenvalue weighted by atomic mass is 10.3. The number of hydrogen-bond donors (Lipinski definition) is 0. The Morgan fingerprint density at radius 3 is 2.70 bits per heavy atom. The van der Waals surface area contributed by atoms with Gasteiger partial charge in [0.05, 0.1) is 0 Å². The molecular weight excluding hydrogens is 146 g/mol. The van der Waals surface area contributed by atoms with Gasteiger partial charge in [-0.2, -0.15) is 4.57 Å². The van der Waals surface area contributed by atoms with Gasteiger partial charge in [0, 0.05) is 18.6 Å². The van der Waals surface area contributed by atoms with Crippen LogP contribution in [0.4, 0.5) is 0 Å². The summed E-state index contributed by atoms with van der Waals surface area (Å²) in [5, 5.41) is 0. The van der Waals surface area contributed by atoms with Crippen LogP contribution < -0.4 is 4.57 Å². The normalized spacial score (nSPS) is 10.4. The van der Waals surface area contributed by atoms with E-state index in [1.165, 1.54) is 5.56 Å². The quantitative estimate of drug-likeness (QED) is 0.546. The minimum Gasteiger partial charge on any atom is -0.178 e. The highest BCUT2D eigenvalue weighted by atomic mass is 35.5. The number of nitrogens with zero attached hydrogens (tertiary/aromatic N) is 1. The van der Waals surface area contributed by atoms with Crippen LogP contribution in [0.15, 0.2) is 24.5 Å². The van der Waals surface area contributed by atoms with Gasteiger partial charge in [-0.3, -0.25) is 0 Å². The van der Waals surface area contributed by atoms with Crippen molar-refractivity contribution in [3.8, 4) is 0 Å². The van der Waals surface area contributed by atoms with Gasteiger partial charge in [0.25, 0.3) is 0 Å². The summed E-state index contributed by atoms with van der Waals surface area (Å²) in [6.07, 6.45) is 3.91. The molecule has 2 heteroatoms. The van der Waals surface area contributed by atoms with Crippen LogP contribution in [0.25, 0.3) is 0 Å². The van der Waals surface area contributed by atoms with E-state index in [1.54, 1.807) is 0 Å². The SMILES string of the molecule is C[C](Cl)[n+]1cccc(C)c1. The fraction of sp³-hybridized carbons (Fsp3) is 0.250. The predicted molar refractivity (Wildman–Crippen MR) is 41.5 cm³/mol. The molecule has 0 fully saturated rings. The Morgan fingerprint density at radius 2 is 2.30 bits per heavy atom. The molecule has 0 N–H and O–H groups in total. The van der Waals surface area contributed by atoms with E-state index in [4.69, 9.17) is 11.6 Å². The summed E-state index contributed by atoms with van der Waals surface area (Å²) in [5.41, 5.74) is 1.98. The standard InChI is InChI=1S/C8H10ClN/c1-7-4-3-5-10(6-7)8(2)9/h3-6H,1-2H3/q+1. The zero-order valence-corrected chi connectivity index (χ0v) is 6.89. The highest BCUT2D eigenvalue weighted by Crippen LogP contribution is 1.99. The van der Waals surface area contributed by atoms with Gasteiger partial charge in [-0.15, -0.1) is 0 Å². The average molecular weight is 156 g/mol. The van der Waals surface area contributed by atoms with Crippen molar-refractivity contribution in [3.05, 3.63) is 35.6 Å². The molecule has 0 spiro atoms. The van der Waals surface area contributed by atoms with Crippen molar-refractivity contribution < 1.29 is 4.57 Å². The van der Waals surface area contributed by atoms with Crippen molar-refractivity contribution in [2.45, 2.75) is 13.8 Å². The second kappa shape index (κ2) is 3.02. The van der Waals surface area contributed by atoms with Crippen molar-refractivity contribution in [2.24, 2.45) is 0 Å². The Kier molecular flexibility index (Phi) is 2.28. The Bertz CT molecular complexity index is 220. The van der Waals surface area contributed by atoms with E-state index in [0.717, 1.165) is 5.50 Å². The van der Waals surface area contributed by atoms with E-state index in [1.807, 2.05) is 42.9 Å². The maximum atomic E-state index is 5.75. The molecule has 0 atom stereocenters. The van der Waals surface area contributed by atoms with Crippen LogP contribution in [0.3, 0.4) is 0 Å². The number of hydrogen-bond acceptors (Lipinski definition) is 0. The number of rotatable bonds is 1. The molecule has 0 aliphatic carbocycles. The molecule has 1 heterocycles. The van der Waals surface area contributed by atoms with E-state index in [-0.39, 0.29) is 0 Å². The van der Waals surface area contributed by atoms with E-state index in [9.17, 15) is 0 Å². The zero-order valence-electron chi connectivity index (χ0n) is 6.13. The second-order valence-electron chi connectivity index (χ2n) is 2.29. The topological polar surface area (TPSA) is 3.88 Å². The molecular formula is C8H10ClN+. The maximum absolute atomic E-state index is 5.75. The third-order valence-corrected chi connectivity index (χ3v) is 1.50. The molecule has 0 aromatic carbocycles. The summed E-state index contributed by atoms with van der Waals surface area (Å²) in [4.78, 5) is 0. The second-order valence-corrected chi connectivity index (χ2v) is 2.83. The molecule has 0 saturated heterocycles. The molecule has 53 valence electrons.